The SMILES string of the molecule is CC(C)OCCOCCOCCOCCOCCOCCOCCOCCO[Si](c1ccccc1)(c1ccccc1)C(C)(C)C. The van der Waals surface area contributed by atoms with Crippen molar-refractivity contribution < 1.29 is 42.3 Å². The Labute approximate surface area is 272 Å². The maximum absolute atomic E-state index is 6.84. The van der Waals surface area contributed by atoms with Gasteiger partial charge in [0.2, 0.25) is 0 Å². The Morgan fingerprint density at radius 3 is 1.02 bits per heavy atom. The fourth-order valence-electron chi connectivity index (χ4n) is 4.78. The zero-order chi connectivity index (χ0) is 32.5. The number of ether oxygens (including phenoxy) is 8. The summed E-state index contributed by atoms with van der Waals surface area (Å²) in [7, 11) is -2.53. The lowest BCUT2D eigenvalue weighted by atomic mass is 10.2. The smallest absolute Gasteiger partial charge is 0.261 e. The molecule has 0 atom stereocenters. The van der Waals surface area contributed by atoms with Crippen molar-refractivity contribution in [1.82, 2.24) is 0 Å². The fourth-order valence-corrected chi connectivity index (χ4v) is 9.32. The number of hydrogen-bond acceptors (Lipinski definition) is 9. The van der Waals surface area contributed by atoms with Crippen LogP contribution in [-0.4, -0.2) is 120 Å². The molecule has 0 fully saturated rings. The van der Waals surface area contributed by atoms with Crippen LogP contribution in [0.1, 0.15) is 34.6 Å². The first-order valence-electron chi connectivity index (χ1n) is 16.3. The Hall–Kier alpha value is -1.70. The number of hydrogen-bond donors (Lipinski definition) is 0. The summed E-state index contributed by atoms with van der Waals surface area (Å²) in [5.41, 5.74) is 0. The molecule has 0 bridgehead atoms. The summed E-state index contributed by atoms with van der Waals surface area (Å²) in [6, 6.07) is 21.3. The summed E-state index contributed by atoms with van der Waals surface area (Å²) < 4.78 is 51.2. The largest absolute Gasteiger partial charge is 0.405 e. The van der Waals surface area contributed by atoms with Gasteiger partial charge in [0.1, 0.15) is 0 Å². The highest BCUT2D eigenvalue weighted by Crippen LogP contribution is 2.36. The van der Waals surface area contributed by atoms with Crippen molar-refractivity contribution in [2.45, 2.75) is 45.8 Å². The average Bonchev–Trinajstić information content (AvgIpc) is 3.03. The van der Waals surface area contributed by atoms with Gasteiger partial charge in [0.15, 0.2) is 0 Å². The van der Waals surface area contributed by atoms with Crippen molar-refractivity contribution >= 4 is 18.7 Å². The molecule has 2 aromatic rings. The van der Waals surface area contributed by atoms with Crippen LogP contribution >= 0.6 is 0 Å². The summed E-state index contributed by atoms with van der Waals surface area (Å²) in [5, 5.41) is 2.49. The van der Waals surface area contributed by atoms with Crippen LogP contribution in [0.5, 0.6) is 0 Å². The molecule has 0 amide bonds. The van der Waals surface area contributed by atoms with E-state index < -0.39 is 8.32 Å². The standard InChI is InChI=1S/C35H58O9Si/c1-32(2)43-30-28-41-26-24-39-22-20-37-18-16-36-17-19-38-21-23-40-25-27-42-29-31-44-45(35(3,4)5,33-12-8-6-9-13-33)34-14-10-7-11-15-34/h6-15,32H,16-31H2,1-5H3. The van der Waals surface area contributed by atoms with Crippen LogP contribution in [-0.2, 0) is 42.3 Å². The molecule has 0 aliphatic heterocycles. The normalized spacial score (nSPS) is 12.3. The van der Waals surface area contributed by atoms with E-state index in [1.54, 1.807) is 0 Å². The Balaban J connectivity index is 1.42. The Kier molecular flexibility index (Phi) is 21.5. The highest BCUT2D eigenvalue weighted by molar-refractivity contribution is 6.99. The topological polar surface area (TPSA) is 83.1 Å². The van der Waals surface area contributed by atoms with Gasteiger partial charge in [-0.1, -0.05) is 81.4 Å². The maximum Gasteiger partial charge on any atom is 0.261 e. The monoisotopic (exact) mass is 650 g/mol. The third-order valence-electron chi connectivity index (χ3n) is 6.87. The van der Waals surface area contributed by atoms with Crippen LogP contribution in [0.3, 0.4) is 0 Å². The van der Waals surface area contributed by atoms with E-state index in [0.29, 0.717) is 106 Å². The molecule has 2 rings (SSSR count). The van der Waals surface area contributed by atoms with Crippen molar-refractivity contribution in [1.29, 1.82) is 0 Å². The first kappa shape index (κ1) is 39.5. The van der Waals surface area contributed by atoms with E-state index in [4.69, 9.17) is 42.3 Å². The predicted octanol–water partition coefficient (Wildman–Crippen LogP) is 4.10. The molecule has 10 heteroatoms. The summed E-state index contributed by atoms with van der Waals surface area (Å²) in [6.07, 6.45) is 0.232. The Bertz CT molecular complexity index is 902. The van der Waals surface area contributed by atoms with E-state index in [0.717, 1.165) is 0 Å². The van der Waals surface area contributed by atoms with E-state index in [1.807, 2.05) is 13.8 Å². The minimum atomic E-state index is -2.53. The van der Waals surface area contributed by atoms with Gasteiger partial charge >= 0.3 is 0 Å². The molecule has 0 N–H and O–H groups in total. The first-order chi connectivity index (χ1) is 21.9. The molecule has 0 radical (unpaired) electrons. The lowest BCUT2D eigenvalue weighted by Gasteiger charge is -2.43. The Morgan fingerprint density at radius 1 is 0.444 bits per heavy atom. The summed E-state index contributed by atoms with van der Waals surface area (Å²) in [5.74, 6) is 0. The van der Waals surface area contributed by atoms with Gasteiger partial charge in [0, 0.05) is 0 Å². The molecule has 45 heavy (non-hydrogen) atoms. The highest BCUT2D eigenvalue weighted by Gasteiger charge is 2.49. The zero-order valence-electron chi connectivity index (χ0n) is 28.3. The van der Waals surface area contributed by atoms with E-state index in [2.05, 4.69) is 81.4 Å². The third kappa shape index (κ3) is 16.6. The lowest BCUT2D eigenvalue weighted by Crippen LogP contribution is -2.66. The lowest BCUT2D eigenvalue weighted by molar-refractivity contribution is -0.0259. The molecule has 0 spiro atoms. The van der Waals surface area contributed by atoms with Crippen LogP contribution in [0.2, 0.25) is 5.04 Å². The van der Waals surface area contributed by atoms with Crippen molar-refractivity contribution in [3.63, 3.8) is 0 Å². The van der Waals surface area contributed by atoms with Gasteiger partial charge < -0.3 is 42.3 Å². The minimum Gasteiger partial charge on any atom is -0.405 e. The molecule has 0 saturated carbocycles. The van der Waals surface area contributed by atoms with Crippen molar-refractivity contribution in [2.75, 3.05) is 106 Å². The van der Waals surface area contributed by atoms with Gasteiger partial charge in [-0.25, -0.2) is 0 Å². The van der Waals surface area contributed by atoms with Gasteiger partial charge in [-0.2, -0.15) is 0 Å². The number of rotatable bonds is 28. The molecule has 0 aliphatic rings. The van der Waals surface area contributed by atoms with E-state index in [-0.39, 0.29) is 11.1 Å². The van der Waals surface area contributed by atoms with Crippen LogP contribution in [0.4, 0.5) is 0 Å². The van der Waals surface area contributed by atoms with E-state index >= 15 is 0 Å². The van der Waals surface area contributed by atoms with Crippen LogP contribution in [0.25, 0.3) is 0 Å². The van der Waals surface area contributed by atoms with Crippen LogP contribution in [0, 0.1) is 0 Å². The number of benzene rings is 2. The molecular formula is C35H58O9Si. The first-order valence-corrected chi connectivity index (χ1v) is 18.2. The second-order valence-corrected chi connectivity index (χ2v) is 16.0. The third-order valence-corrected chi connectivity index (χ3v) is 11.9. The minimum absolute atomic E-state index is 0.0491. The quantitative estimate of drug-likeness (QED) is 0.0999. The van der Waals surface area contributed by atoms with E-state index in [9.17, 15) is 0 Å². The maximum atomic E-state index is 6.84. The van der Waals surface area contributed by atoms with Crippen molar-refractivity contribution in [3.05, 3.63) is 60.7 Å². The molecule has 0 aliphatic carbocycles. The molecule has 256 valence electrons. The second-order valence-electron chi connectivity index (χ2n) is 11.7. The van der Waals surface area contributed by atoms with E-state index in [1.165, 1.54) is 10.4 Å². The molecular weight excluding hydrogens is 592 g/mol. The molecule has 0 aromatic heterocycles. The van der Waals surface area contributed by atoms with Crippen LogP contribution in [0.15, 0.2) is 60.7 Å². The zero-order valence-corrected chi connectivity index (χ0v) is 29.3. The van der Waals surface area contributed by atoms with Gasteiger partial charge in [-0.15, -0.1) is 0 Å². The predicted molar refractivity (Wildman–Crippen MR) is 180 cm³/mol. The van der Waals surface area contributed by atoms with Gasteiger partial charge in [0.25, 0.3) is 8.32 Å². The summed E-state index contributed by atoms with van der Waals surface area (Å²) >= 11 is 0. The molecule has 0 heterocycles. The summed E-state index contributed by atoms with van der Waals surface area (Å²) in [4.78, 5) is 0. The van der Waals surface area contributed by atoms with Crippen molar-refractivity contribution in [3.8, 4) is 0 Å². The molecule has 0 unspecified atom stereocenters. The van der Waals surface area contributed by atoms with Gasteiger partial charge in [-0.05, 0) is 29.3 Å². The Morgan fingerprint density at radius 2 is 0.733 bits per heavy atom. The molecule has 0 saturated heterocycles. The second kappa shape index (κ2) is 24.5. The fraction of sp³-hybridized carbons (Fsp3) is 0.657. The molecule has 9 nitrogen and oxygen atoms in total. The van der Waals surface area contributed by atoms with Gasteiger partial charge in [-0.3, -0.25) is 0 Å². The highest BCUT2D eigenvalue weighted by atomic mass is 28.4. The average molecular weight is 651 g/mol. The van der Waals surface area contributed by atoms with Crippen molar-refractivity contribution in [2.24, 2.45) is 0 Å². The van der Waals surface area contributed by atoms with Crippen LogP contribution < -0.4 is 10.4 Å². The van der Waals surface area contributed by atoms with Gasteiger partial charge in [0.05, 0.1) is 112 Å². The molecule has 2 aromatic carbocycles. The summed E-state index contributed by atoms with van der Waals surface area (Å²) in [6.45, 7) is 19.4.